The molecule has 0 radical (unpaired) electrons. The molecule has 0 saturated heterocycles. The van der Waals surface area contributed by atoms with Gasteiger partial charge in [-0.3, -0.25) is 0 Å². The van der Waals surface area contributed by atoms with Crippen molar-refractivity contribution in [3.8, 4) is 11.8 Å². The summed E-state index contributed by atoms with van der Waals surface area (Å²) < 4.78 is 23.2. The first-order valence-corrected chi connectivity index (χ1v) is 4.77. The third kappa shape index (κ3) is 2.20. The predicted molar refractivity (Wildman–Crippen MR) is 55.6 cm³/mol. The molecule has 0 saturated carbocycles. The zero-order valence-corrected chi connectivity index (χ0v) is 8.74. The topological polar surface area (TPSA) is 61.3 Å². The van der Waals surface area contributed by atoms with Crippen molar-refractivity contribution < 1.29 is 13.5 Å². The molecule has 0 amide bonds. The van der Waals surface area contributed by atoms with Crippen molar-refractivity contribution >= 4 is 0 Å². The van der Waals surface area contributed by atoms with Gasteiger partial charge in [-0.15, -0.1) is 0 Å². The van der Waals surface area contributed by atoms with E-state index in [0.717, 1.165) is 0 Å². The number of aryl methyl sites for hydroxylation is 1. The first-order valence-electron chi connectivity index (χ1n) is 4.77. The highest BCUT2D eigenvalue weighted by Gasteiger charge is 2.07. The molecule has 4 nitrogen and oxygen atoms in total. The van der Waals surface area contributed by atoms with Gasteiger partial charge >= 0.3 is 6.08 Å². The summed E-state index contributed by atoms with van der Waals surface area (Å²) in [6.45, 7) is 2.03. The maximum Gasteiger partial charge on any atom is 0.399 e. The van der Waals surface area contributed by atoms with Crippen molar-refractivity contribution in [1.82, 2.24) is 4.98 Å². The fourth-order valence-electron chi connectivity index (χ4n) is 1.25. The highest BCUT2D eigenvalue weighted by atomic mass is 19.1. The minimum absolute atomic E-state index is 0.107. The molecule has 0 aliphatic rings. The highest BCUT2D eigenvalue weighted by molar-refractivity contribution is 5.34. The van der Waals surface area contributed by atoms with Gasteiger partial charge in [0, 0.05) is 6.54 Å². The van der Waals surface area contributed by atoms with E-state index in [-0.39, 0.29) is 18.4 Å². The summed E-state index contributed by atoms with van der Waals surface area (Å²) in [5.74, 6) is 0.201. The van der Waals surface area contributed by atoms with Crippen LogP contribution in [0.1, 0.15) is 11.3 Å². The maximum absolute atomic E-state index is 12.8. The van der Waals surface area contributed by atoms with Crippen LogP contribution in [0.5, 0.6) is 11.8 Å². The molecule has 0 unspecified atom stereocenters. The van der Waals surface area contributed by atoms with E-state index in [4.69, 9.17) is 14.9 Å². The van der Waals surface area contributed by atoms with Gasteiger partial charge < -0.3 is 14.9 Å². The van der Waals surface area contributed by atoms with Crippen LogP contribution in [-0.4, -0.2) is 4.98 Å². The van der Waals surface area contributed by atoms with Gasteiger partial charge in [0.25, 0.3) is 0 Å². The second-order valence-electron chi connectivity index (χ2n) is 3.32. The summed E-state index contributed by atoms with van der Waals surface area (Å²) in [6.07, 6.45) is 1.53. The Bertz CT molecular complexity index is 496. The lowest BCUT2D eigenvalue weighted by Crippen LogP contribution is -1.96. The van der Waals surface area contributed by atoms with E-state index in [0.29, 0.717) is 17.0 Å². The average molecular weight is 222 g/mol. The molecule has 2 aromatic rings. The number of halogens is 1. The number of rotatable bonds is 3. The Morgan fingerprint density at radius 1 is 1.50 bits per heavy atom. The summed E-state index contributed by atoms with van der Waals surface area (Å²) in [4.78, 5) is 3.98. The van der Waals surface area contributed by atoms with Gasteiger partial charge in [0.15, 0.2) is 0 Å². The third-order valence-corrected chi connectivity index (χ3v) is 2.07. The molecule has 1 aromatic heterocycles. The van der Waals surface area contributed by atoms with Crippen LogP contribution in [0.15, 0.2) is 28.9 Å². The lowest BCUT2D eigenvalue weighted by atomic mass is 10.2. The van der Waals surface area contributed by atoms with Crippen molar-refractivity contribution in [2.75, 3.05) is 0 Å². The molecule has 0 fully saturated rings. The molecule has 1 heterocycles. The smallest absolute Gasteiger partial charge is 0.399 e. The molecule has 0 bridgehead atoms. The van der Waals surface area contributed by atoms with E-state index < -0.39 is 0 Å². The van der Waals surface area contributed by atoms with Gasteiger partial charge in [-0.05, 0) is 30.7 Å². The first kappa shape index (κ1) is 10.6. The van der Waals surface area contributed by atoms with Crippen LogP contribution in [0.2, 0.25) is 0 Å². The second kappa shape index (κ2) is 4.32. The molecule has 2 N–H and O–H groups in total. The van der Waals surface area contributed by atoms with Crippen molar-refractivity contribution in [2.45, 2.75) is 13.5 Å². The van der Waals surface area contributed by atoms with Crippen LogP contribution in [0.4, 0.5) is 4.39 Å². The highest BCUT2D eigenvalue weighted by Crippen LogP contribution is 2.24. The molecular weight excluding hydrogens is 211 g/mol. The van der Waals surface area contributed by atoms with Crippen LogP contribution >= 0.6 is 0 Å². The standard InChI is InChI=1S/C11H11FN2O2/c1-7-4-8(12)2-3-10(7)16-11-14-9(5-13)6-15-11/h2-4,6H,5,13H2,1H3. The fraction of sp³-hybridized carbons (Fsp3) is 0.182. The van der Waals surface area contributed by atoms with Crippen LogP contribution in [0.3, 0.4) is 0 Å². The minimum atomic E-state index is -0.306. The fourth-order valence-corrected chi connectivity index (χ4v) is 1.25. The van der Waals surface area contributed by atoms with Crippen molar-refractivity contribution in [2.24, 2.45) is 5.73 Å². The van der Waals surface area contributed by atoms with Crippen LogP contribution < -0.4 is 10.5 Å². The predicted octanol–water partition coefficient (Wildman–Crippen LogP) is 2.37. The van der Waals surface area contributed by atoms with Crippen LogP contribution in [0, 0.1) is 12.7 Å². The van der Waals surface area contributed by atoms with Crippen molar-refractivity contribution in [1.29, 1.82) is 0 Å². The van der Waals surface area contributed by atoms with Crippen molar-refractivity contribution in [3.63, 3.8) is 0 Å². The summed E-state index contributed by atoms with van der Waals surface area (Å²) >= 11 is 0. The maximum atomic E-state index is 12.8. The number of aromatic nitrogens is 1. The zero-order valence-electron chi connectivity index (χ0n) is 8.74. The van der Waals surface area contributed by atoms with Gasteiger partial charge in [-0.2, -0.15) is 4.98 Å². The van der Waals surface area contributed by atoms with E-state index in [1.807, 2.05) is 0 Å². The zero-order chi connectivity index (χ0) is 11.5. The molecule has 1 aromatic carbocycles. The number of oxazole rings is 1. The number of nitrogens with two attached hydrogens (primary N) is 1. The molecule has 0 spiro atoms. The molecule has 0 aliphatic heterocycles. The molecule has 84 valence electrons. The molecule has 16 heavy (non-hydrogen) atoms. The number of hydrogen-bond acceptors (Lipinski definition) is 4. The van der Waals surface area contributed by atoms with Gasteiger partial charge in [0.05, 0.1) is 5.69 Å². The Balaban J connectivity index is 2.20. The van der Waals surface area contributed by atoms with Gasteiger partial charge in [0.2, 0.25) is 0 Å². The summed E-state index contributed by atoms with van der Waals surface area (Å²) in [7, 11) is 0. The number of benzene rings is 1. The summed E-state index contributed by atoms with van der Waals surface area (Å²) in [5.41, 5.74) is 6.66. The lowest BCUT2D eigenvalue weighted by molar-refractivity contribution is 0.328. The molecule has 0 atom stereocenters. The monoisotopic (exact) mass is 222 g/mol. The SMILES string of the molecule is Cc1cc(F)ccc1Oc1nc(CN)co1. The van der Waals surface area contributed by atoms with Gasteiger partial charge in [-0.1, -0.05) is 0 Å². The van der Waals surface area contributed by atoms with Gasteiger partial charge in [0.1, 0.15) is 17.8 Å². The van der Waals surface area contributed by atoms with Crippen molar-refractivity contribution in [3.05, 3.63) is 41.5 Å². The van der Waals surface area contributed by atoms with Crippen LogP contribution in [-0.2, 0) is 6.54 Å². The molecule has 5 heteroatoms. The average Bonchev–Trinajstić information content (AvgIpc) is 2.70. The number of nitrogens with zero attached hydrogens (tertiary/aromatic N) is 1. The Morgan fingerprint density at radius 3 is 2.94 bits per heavy atom. The second-order valence-corrected chi connectivity index (χ2v) is 3.32. The Morgan fingerprint density at radius 2 is 2.31 bits per heavy atom. The first-order chi connectivity index (χ1) is 7.69. The van der Waals surface area contributed by atoms with E-state index in [2.05, 4.69) is 4.98 Å². The molecule has 2 rings (SSSR count). The van der Waals surface area contributed by atoms with E-state index in [1.165, 1.54) is 24.5 Å². The Labute approximate surface area is 91.9 Å². The Kier molecular flexibility index (Phi) is 2.87. The number of ether oxygens (including phenoxy) is 1. The quantitative estimate of drug-likeness (QED) is 0.866. The molecule has 0 aliphatic carbocycles. The minimum Gasteiger partial charge on any atom is -0.417 e. The Hall–Kier alpha value is -1.88. The summed E-state index contributed by atoms with van der Waals surface area (Å²) in [6, 6.07) is 4.22. The lowest BCUT2D eigenvalue weighted by Gasteiger charge is -2.03. The normalized spacial score (nSPS) is 10.4. The number of hydrogen-bond donors (Lipinski definition) is 1. The summed E-state index contributed by atoms with van der Waals surface area (Å²) in [5, 5.41) is 0. The third-order valence-electron chi connectivity index (χ3n) is 2.07. The molecular formula is C11H11FN2O2. The van der Waals surface area contributed by atoms with E-state index >= 15 is 0 Å². The largest absolute Gasteiger partial charge is 0.417 e. The van der Waals surface area contributed by atoms with E-state index in [9.17, 15) is 4.39 Å². The van der Waals surface area contributed by atoms with E-state index in [1.54, 1.807) is 6.92 Å². The van der Waals surface area contributed by atoms with Crippen LogP contribution in [0.25, 0.3) is 0 Å². The van der Waals surface area contributed by atoms with Gasteiger partial charge in [-0.25, -0.2) is 4.39 Å².